The van der Waals surface area contributed by atoms with E-state index in [-0.39, 0.29) is 0 Å². The Morgan fingerprint density at radius 1 is 1.00 bits per heavy atom. The van der Waals surface area contributed by atoms with E-state index in [9.17, 15) is 5.11 Å². The maximum atomic E-state index is 10.4. The number of halogens is 3. The molecule has 0 heterocycles. The van der Waals surface area contributed by atoms with Crippen molar-refractivity contribution in [3.8, 4) is 5.75 Å². The van der Waals surface area contributed by atoms with Gasteiger partial charge in [-0.3, -0.25) is 0 Å². The van der Waals surface area contributed by atoms with E-state index in [1.54, 1.807) is 19.2 Å². The molecule has 1 N–H and O–H groups in total. The molecule has 0 saturated heterocycles. The molecule has 0 saturated carbocycles. The van der Waals surface area contributed by atoms with Gasteiger partial charge in [0.25, 0.3) is 0 Å². The first kappa shape index (κ1) is 14.7. The van der Waals surface area contributed by atoms with Crippen LogP contribution in [-0.4, -0.2) is 16.0 Å². The second-order valence-corrected chi connectivity index (χ2v) is 6.78. The van der Waals surface area contributed by atoms with Gasteiger partial charge in [0.15, 0.2) is 0 Å². The lowest BCUT2D eigenvalue weighted by Crippen LogP contribution is -2.36. The number of hydrogen-bond donors (Lipinski definition) is 1. The lowest BCUT2D eigenvalue weighted by molar-refractivity contribution is 0.0615. The predicted molar refractivity (Wildman–Crippen MR) is 80.4 cm³/mol. The van der Waals surface area contributed by atoms with Crippen molar-refractivity contribution >= 4 is 45.6 Å². The molecule has 102 valence electrons. The highest BCUT2D eigenvalue weighted by atomic mass is 35.6. The van der Waals surface area contributed by atoms with Gasteiger partial charge in [-0.05, 0) is 41.5 Å². The van der Waals surface area contributed by atoms with Crippen molar-refractivity contribution in [2.45, 2.75) is 16.3 Å². The molecule has 0 aliphatic carbocycles. The van der Waals surface area contributed by atoms with Crippen LogP contribution in [0.15, 0.2) is 36.4 Å². The molecule has 0 fully saturated rings. The van der Waals surface area contributed by atoms with Crippen LogP contribution in [-0.2, 0) is 5.60 Å². The van der Waals surface area contributed by atoms with Gasteiger partial charge in [-0.1, -0.05) is 53.0 Å². The smallest absolute Gasteiger partial charge is 0.222 e. The number of aliphatic hydroxyl groups is 1. The number of ether oxygens (including phenoxy) is 1. The van der Waals surface area contributed by atoms with E-state index in [0.29, 0.717) is 5.56 Å². The number of hydrogen-bond acceptors (Lipinski definition) is 2. The number of methoxy groups -OCH3 is 1. The van der Waals surface area contributed by atoms with Crippen molar-refractivity contribution in [1.29, 1.82) is 0 Å². The van der Waals surface area contributed by atoms with Gasteiger partial charge < -0.3 is 9.84 Å². The highest BCUT2D eigenvalue weighted by Gasteiger charge is 2.44. The molecular weight excluding hydrogens is 307 g/mol. The maximum absolute atomic E-state index is 10.4. The zero-order chi connectivity index (χ0) is 14.3. The summed E-state index contributed by atoms with van der Waals surface area (Å²) in [6.45, 7) is 1.48. The minimum Gasteiger partial charge on any atom is -0.497 e. The Bertz CT molecular complexity index is 603. The summed E-state index contributed by atoms with van der Waals surface area (Å²) in [4.78, 5) is 0. The zero-order valence-electron chi connectivity index (χ0n) is 10.5. The Hall–Kier alpha value is -0.670. The van der Waals surface area contributed by atoms with Gasteiger partial charge in [0.1, 0.15) is 11.4 Å². The summed E-state index contributed by atoms with van der Waals surface area (Å²) in [5, 5.41) is 12.3. The van der Waals surface area contributed by atoms with E-state index in [1.165, 1.54) is 6.92 Å². The normalized spacial score (nSPS) is 15.3. The second kappa shape index (κ2) is 5.02. The van der Waals surface area contributed by atoms with Gasteiger partial charge in [0, 0.05) is 0 Å². The zero-order valence-corrected chi connectivity index (χ0v) is 12.7. The van der Waals surface area contributed by atoms with E-state index in [0.717, 1.165) is 16.5 Å². The molecule has 19 heavy (non-hydrogen) atoms. The lowest BCUT2D eigenvalue weighted by atomic mass is 9.95. The summed E-state index contributed by atoms with van der Waals surface area (Å²) in [7, 11) is 1.61. The summed E-state index contributed by atoms with van der Waals surface area (Å²) >= 11 is 17.5. The number of rotatable bonds is 2. The van der Waals surface area contributed by atoms with Gasteiger partial charge in [-0.25, -0.2) is 0 Å². The molecule has 0 spiro atoms. The molecule has 2 nitrogen and oxygen atoms in total. The van der Waals surface area contributed by atoms with Gasteiger partial charge in [0.2, 0.25) is 3.79 Å². The molecule has 0 radical (unpaired) electrons. The predicted octanol–water partition coefficient (Wildman–Crippen LogP) is 4.43. The summed E-state index contributed by atoms with van der Waals surface area (Å²) in [5.74, 6) is 0.772. The molecule has 0 aliphatic rings. The highest BCUT2D eigenvalue weighted by molar-refractivity contribution is 6.68. The summed E-state index contributed by atoms with van der Waals surface area (Å²) in [5.41, 5.74) is -1.02. The minimum absolute atomic E-state index is 0.546. The molecule has 5 heteroatoms. The molecule has 2 rings (SSSR count). The molecule has 0 aromatic heterocycles. The van der Waals surface area contributed by atoms with Crippen molar-refractivity contribution in [2.24, 2.45) is 0 Å². The van der Waals surface area contributed by atoms with E-state index in [2.05, 4.69) is 0 Å². The van der Waals surface area contributed by atoms with Crippen LogP contribution in [0.4, 0.5) is 0 Å². The van der Waals surface area contributed by atoms with Crippen LogP contribution in [0.25, 0.3) is 10.8 Å². The Balaban J connectivity index is 2.54. The number of fused-ring (bicyclic) bond motifs is 1. The van der Waals surface area contributed by atoms with Crippen molar-refractivity contribution in [1.82, 2.24) is 0 Å². The molecule has 0 aliphatic heterocycles. The van der Waals surface area contributed by atoms with Gasteiger partial charge in [0.05, 0.1) is 7.11 Å². The molecule has 0 bridgehead atoms. The SMILES string of the molecule is COc1ccc2cc(C(C)(O)C(Cl)(Cl)Cl)ccc2c1. The fourth-order valence-electron chi connectivity index (χ4n) is 1.82. The second-order valence-electron chi connectivity index (χ2n) is 4.50. The summed E-state index contributed by atoms with van der Waals surface area (Å²) in [6.07, 6.45) is 0. The molecule has 1 unspecified atom stereocenters. The number of benzene rings is 2. The summed E-state index contributed by atoms with van der Waals surface area (Å²) in [6, 6.07) is 11.0. The minimum atomic E-state index is -1.80. The van der Waals surface area contributed by atoms with E-state index >= 15 is 0 Å². The Labute approximate surface area is 126 Å². The first-order valence-corrected chi connectivity index (χ1v) is 6.76. The maximum Gasteiger partial charge on any atom is 0.222 e. The van der Waals surface area contributed by atoms with Crippen LogP contribution in [0.2, 0.25) is 0 Å². The van der Waals surface area contributed by atoms with Crippen LogP contribution in [0.3, 0.4) is 0 Å². The average Bonchev–Trinajstić information content (AvgIpc) is 2.36. The first-order chi connectivity index (χ1) is 8.75. The van der Waals surface area contributed by atoms with Crippen LogP contribution in [0.1, 0.15) is 12.5 Å². The topological polar surface area (TPSA) is 29.5 Å². The van der Waals surface area contributed by atoms with Crippen molar-refractivity contribution in [2.75, 3.05) is 7.11 Å². The highest BCUT2D eigenvalue weighted by Crippen LogP contribution is 2.45. The Morgan fingerprint density at radius 3 is 2.16 bits per heavy atom. The van der Waals surface area contributed by atoms with Crippen molar-refractivity contribution in [3.63, 3.8) is 0 Å². The number of alkyl halides is 3. The third-order valence-electron chi connectivity index (χ3n) is 3.16. The standard InChI is InChI=1S/C14H13Cl3O2/c1-13(18,14(15,16)17)11-5-3-10-8-12(19-2)6-4-9(10)7-11/h3-8,18H,1-2H3. The third-order valence-corrected chi connectivity index (χ3v) is 4.27. The van der Waals surface area contributed by atoms with Crippen molar-refractivity contribution < 1.29 is 9.84 Å². The quantitative estimate of drug-likeness (QED) is 0.830. The van der Waals surface area contributed by atoms with Crippen LogP contribution >= 0.6 is 34.8 Å². The lowest BCUT2D eigenvalue weighted by Gasteiger charge is -2.31. The third kappa shape index (κ3) is 2.77. The van der Waals surface area contributed by atoms with E-state index < -0.39 is 9.39 Å². The largest absolute Gasteiger partial charge is 0.497 e. The molecular formula is C14H13Cl3O2. The van der Waals surface area contributed by atoms with Crippen LogP contribution in [0.5, 0.6) is 5.75 Å². The molecule has 2 aromatic rings. The molecule has 0 amide bonds. The first-order valence-electron chi connectivity index (χ1n) is 5.63. The van der Waals surface area contributed by atoms with E-state index in [1.807, 2.05) is 24.3 Å². The Kier molecular flexibility index (Phi) is 3.90. The average molecular weight is 320 g/mol. The summed E-state index contributed by atoms with van der Waals surface area (Å²) < 4.78 is 3.36. The van der Waals surface area contributed by atoms with Crippen LogP contribution in [0, 0.1) is 0 Å². The van der Waals surface area contributed by atoms with Crippen molar-refractivity contribution in [3.05, 3.63) is 42.0 Å². The van der Waals surface area contributed by atoms with Crippen LogP contribution < -0.4 is 4.74 Å². The fourth-order valence-corrected chi connectivity index (χ4v) is 2.14. The fraction of sp³-hybridized carbons (Fsp3) is 0.286. The van der Waals surface area contributed by atoms with Gasteiger partial charge in [-0.15, -0.1) is 0 Å². The molecule has 2 aromatic carbocycles. The monoisotopic (exact) mass is 318 g/mol. The van der Waals surface area contributed by atoms with Gasteiger partial charge in [-0.2, -0.15) is 0 Å². The van der Waals surface area contributed by atoms with Gasteiger partial charge >= 0.3 is 0 Å². The van der Waals surface area contributed by atoms with E-state index in [4.69, 9.17) is 39.5 Å². The Morgan fingerprint density at radius 2 is 1.58 bits per heavy atom. The molecule has 1 atom stereocenters.